The minimum Gasteiger partial charge on any atom is -0.383 e. The van der Waals surface area contributed by atoms with E-state index in [4.69, 9.17) is 10.5 Å². The van der Waals surface area contributed by atoms with Gasteiger partial charge in [-0.25, -0.2) is 5.01 Å². The molecule has 2 N–H and O–H groups in total. The molecule has 0 unspecified atom stereocenters. The standard InChI is InChI=1S/C23H25F3N4O2/c1-22(2)11-17-20(18(31)12-22)19(14-5-3-4-6-16(14)23(24,25)26)15(13-27)21(28)30(17)29-7-9-32-10-8-29/h3-6,19H,7-12,28H2,1-2H3/t19-/m1/s1. The number of hydrazine groups is 1. The van der Waals surface area contributed by atoms with E-state index < -0.39 is 17.7 Å². The molecule has 32 heavy (non-hydrogen) atoms. The molecule has 2 aliphatic heterocycles. The number of ether oxygens (including phenoxy) is 1. The number of nitrogens with two attached hydrogens (primary N) is 1. The van der Waals surface area contributed by atoms with Crippen LogP contribution in [0.4, 0.5) is 13.2 Å². The van der Waals surface area contributed by atoms with Crippen LogP contribution in [0, 0.1) is 16.7 Å². The van der Waals surface area contributed by atoms with E-state index in [2.05, 4.69) is 0 Å². The highest BCUT2D eigenvalue weighted by molar-refractivity contribution is 6.00. The van der Waals surface area contributed by atoms with E-state index in [1.54, 1.807) is 5.01 Å². The fourth-order valence-corrected chi connectivity index (χ4v) is 4.89. The Labute approximate surface area is 184 Å². The zero-order valence-electron chi connectivity index (χ0n) is 18.0. The summed E-state index contributed by atoms with van der Waals surface area (Å²) < 4.78 is 47.1. The van der Waals surface area contributed by atoms with E-state index in [9.17, 15) is 23.2 Å². The number of rotatable bonds is 2. The van der Waals surface area contributed by atoms with Gasteiger partial charge in [0.25, 0.3) is 0 Å². The van der Waals surface area contributed by atoms with Gasteiger partial charge in [-0.2, -0.15) is 18.4 Å². The highest BCUT2D eigenvalue weighted by atomic mass is 19.4. The first-order valence-corrected chi connectivity index (χ1v) is 10.5. The number of ketones is 1. The van der Waals surface area contributed by atoms with Crippen LogP contribution in [-0.4, -0.2) is 42.1 Å². The van der Waals surface area contributed by atoms with Gasteiger partial charge in [-0.15, -0.1) is 0 Å². The molecule has 0 aromatic heterocycles. The SMILES string of the molecule is CC1(C)CC(=O)C2=C(C1)N(N1CCOCC1)C(N)=C(C#N)[C@H]2c1ccccc1C(F)(F)F. The number of Topliss-reactive ketones (excluding diaryl/α,β-unsaturated/α-hetero) is 1. The monoisotopic (exact) mass is 446 g/mol. The molecule has 0 bridgehead atoms. The van der Waals surface area contributed by atoms with Crippen molar-refractivity contribution in [2.75, 3.05) is 26.3 Å². The van der Waals surface area contributed by atoms with Gasteiger partial charge in [0, 0.05) is 30.8 Å². The molecule has 2 heterocycles. The second-order valence-corrected chi connectivity index (χ2v) is 9.11. The van der Waals surface area contributed by atoms with Crippen LogP contribution in [0.25, 0.3) is 0 Å². The predicted octanol–water partition coefficient (Wildman–Crippen LogP) is 3.69. The van der Waals surface area contributed by atoms with Crippen molar-refractivity contribution in [3.63, 3.8) is 0 Å². The number of benzene rings is 1. The number of alkyl halides is 3. The first-order valence-electron chi connectivity index (χ1n) is 10.5. The number of halogens is 3. The maximum Gasteiger partial charge on any atom is 0.416 e. The molecule has 3 aliphatic rings. The average molecular weight is 446 g/mol. The number of carbonyl (C=O) groups excluding carboxylic acids is 1. The second-order valence-electron chi connectivity index (χ2n) is 9.11. The smallest absolute Gasteiger partial charge is 0.383 e. The van der Waals surface area contributed by atoms with E-state index >= 15 is 0 Å². The molecule has 0 spiro atoms. The normalized spacial score (nSPS) is 24.4. The summed E-state index contributed by atoms with van der Waals surface area (Å²) in [6, 6.07) is 7.13. The largest absolute Gasteiger partial charge is 0.416 e. The van der Waals surface area contributed by atoms with E-state index in [1.165, 1.54) is 18.2 Å². The Hall–Kier alpha value is -2.83. The molecular weight excluding hydrogens is 421 g/mol. The number of allylic oxidation sites excluding steroid dienone is 3. The van der Waals surface area contributed by atoms with Crippen molar-refractivity contribution in [1.29, 1.82) is 5.26 Å². The van der Waals surface area contributed by atoms with Gasteiger partial charge in [-0.05, 0) is 23.5 Å². The molecule has 1 atom stereocenters. The Balaban J connectivity index is 1.97. The van der Waals surface area contributed by atoms with Gasteiger partial charge in [0.1, 0.15) is 5.82 Å². The van der Waals surface area contributed by atoms with Gasteiger partial charge in [-0.1, -0.05) is 32.0 Å². The minimum atomic E-state index is -4.63. The molecule has 1 aromatic carbocycles. The van der Waals surface area contributed by atoms with Crippen molar-refractivity contribution in [2.24, 2.45) is 11.1 Å². The van der Waals surface area contributed by atoms with Gasteiger partial charge in [0.05, 0.1) is 36.3 Å². The highest BCUT2D eigenvalue weighted by Crippen LogP contribution is 2.51. The van der Waals surface area contributed by atoms with Gasteiger partial charge in [-0.3, -0.25) is 9.80 Å². The lowest BCUT2D eigenvalue weighted by molar-refractivity contribution is -0.138. The highest BCUT2D eigenvalue weighted by Gasteiger charge is 2.47. The lowest BCUT2D eigenvalue weighted by Gasteiger charge is -2.48. The van der Waals surface area contributed by atoms with Crippen LogP contribution in [0.3, 0.4) is 0 Å². The summed E-state index contributed by atoms with van der Waals surface area (Å²) in [4.78, 5) is 13.4. The first-order chi connectivity index (χ1) is 15.0. The van der Waals surface area contributed by atoms with Crippen LogP contribution in [0.2, 0.25) is 0 Å². The summed E-state index contributed by atoms with van der Waals surface area (Å²) in [5.41, 5.74) is 5.86. The minimum absolute atomic E-state index is 0.0417. The number of carbonyl (C=O) groups is 1. The molecule has 1 fully saturated rings. The van der Waals surface area contributed by atoms with Crippen LogP contribution in [0.1, 0.15) is 43.7 Å². The Morgan fingerprint density at radius 1 is 1.19 bits per heavy atom. The quantitative estimate of drug-likeness (QED) is 0.746. The summed E-state index contributed by atoms with van der Waals surface area (Å²) >= 11 is 0. The number of morpholine rings is 1. The molecule has 0 radical (unpaired) electrons. The van der Waals surface area contributed by atoms with Crippen LogP contribution in [0.15, 0.2) is 46.9 Å². The predicted molar refractivity (Wildman–Crippen MR) is 110 cm³/mol. The lowest BCUT2D eigenvalue weighted by atomic mass is 9.68. The number of nitrogens with zero attached hydrogens (tertiary/aromatic N) is 3. The Kier molecular flexibility index (Phi) is 5.55. The van der Waals surface area contributed by atoms with Gasteiger partial charge in [0.2, 0.25) is 0 Å². The van der Waals surface area contributed by atoms with Crippen molar-refractivity contribution in [1.82, 2.24) is 10.0 Å². The Morgan fingerprint density at radius 3 is 2.47 bits per heavy atom. The van der Waals surface area contributed by atoms with E-state index in [-0.39, 0.29) is 40.1 Å². The van der Waals surface area contributed by atoms with E-state index in [0.29, 0.717) is 38.4 Å². The number of hydrogen-bond donors (Lipinski definition) is 1. The maximum absolute atomic E-state index is 13.9. The average Bonchev–Trinajstić information content (AvgIpc) is 2.72. The zero-order chi connectivity index (χ0) is 23.3. The Morgan fingerprint density at radius 2 is 1.84 bits per heavy atom. The van der Waals surface area contributed by atoms with Crippen molar-refractivity contribution in [3.05, 3.63) is 58.1 Å². The summed E-state index contributed by atoms with van der Waals surface area (Å²) in [6.07, 6.45) is -3.99. The Bertz CT molecular complexity index is 1050. The van der Waals surface area contributed by atoms with Crippen LogP contribution in [0.5, 0.6) is 0 Å². The molecule has 1 aromatic rings. The molecular formula is C23H25F3N4O2. The lowest BCUT2D eigenvalue weighted by Crippen LogP contribution is -2.53. The second kappa shape index (κ2) is 7.94. The maximum atomic E-state index is 13.9. The van der Waals surface area contributed by atoms with Crippen molar-refractivity contribution in [2.45, 2.75) is 38.8 Å². The fraction of sp³-hybridized carbons (Fsp3) is 0.478. The zero-order valence-corrected chi connectivity index (χ0v) is 18.0. The van der Waals surface area contributed by atoms with Crippen molar-refractivity contribution in [3.8, 4) is 6.07 Å². The summed E-state index contributed by atoms with van der Waals surface area (Å²) in [5, 5.41) is 13.6. The molecule has 1 aliphatic carbocycles. The summed E-state index contributed by atoms with van der Waals surface area (Å²) in [7, 11) is 0. The molecule has 0 amide bonds. The number of nitriles is 1. The fourth-order valence-electron chi connectivity index (χ4n) is 4.89. The van der Waals surface area contributed by atoms with Crippen LogP contribution >= 0.6 is 0 Å². The topological polar surface area (TPSA) is 82.6 Å². The summed E-state index contributed by atoms with van der Waals surface area (Å²) in [6.45, 7) is 5.79. The molecule has 1 saturated heterocycles. The molecule has 0 saturated carbocycles. The van der Waals surface area contributed by atoms with E-state index in [0.717, 1.165) is 6.07 Å². The molecule has 6 nitrogen and oxygen atoms in total. The summed E-state index contributed by atoms with van der Waals surface area (Å²) in [5.74, 6) is -1.34. The number of hydrogen-bond acceptors (Lipinski definition) is 6. The third kappa shape index (κ3) is 3.78. The third-order valence-corrected chi connectivity index (χ3v) is 6.20. The van der Waals surface area contributed by atoms with E-state index in [1.807, 2.05) is 24.9 Å². The molecule has 170 valence electrons. The van der Waals surface area contributed by atoms with Gasteiger partial charge in [0.15, 0.2) is 5.78 Å². The van der Waals surface area contributed by atoms with Crippen LogP contribution < -0.4 is 5.73 Å². The van der Waals surface area contributed by atoms with Crippen molar-refractivity contribution >= 4 is 5.78 Å². The molecule has 9 heteroatoms. The third-order valence-electron chi connectivity index (χ3n) is 6.20. The first kappa shape index (κ1) is 22.4. The van der Waals surface area contributed by atoms with Gasteiger partial charge >= 0.3 is 6.18 Å². The van der Waals surface area contributed by atoms with Crippen molar-refractivity contribution < 1.29 is 22.7 Å². The molecule has 4 rings (SSSR count). The van der Waals surface area contributed by atoms with Crippen LogP contribution in [-0.2, 0) is 15.7 Å². The van der Waals surface area contributed by atoms with Gasteiger partial charge < -0.3 is 10.5 Å².